The van der Waals surface area contributed by atoms with E-state index in [1.54, 1.807) is 6.26 Å². The molecule has 0 amide bonds. The molecular weight excluding hydrogens is 270 g/mol. The van der Waals surface area contributed by atoms with Gasteiger partial charge in [-0.1, -0.05) is 0 Å². The van der Waals surface area contributed by atoms with Crippen molar-refractivity contribution in [3.05, 3.63) is 22.6 Å². The van der Waals surface area contributed by atoms with Gasteiger partial charge in [0, 0.05) is 13.2 Å². The summed E-state index contributed by atoms with van der Waals surface area (Å²) in [5.74, 6) is 1.79. The van der Waals surface area contributed by atoms with E-state index in [0.717, 1.165) is 35.9 Å². The molecule has 1 unspecified atom stereocenters. The first-order valence-electron chi connectivity index (χ1n) is 5.81. The highest BCUT2D eigenvalue weighted by atomic mass is 79.9. The summed E-state index contributed by atoms with van der Waals surface area (Å²) in [7, 11) is 0. The molecule has 0 spiro atoms. The Hall–Kier alpha value is -0.320. The summed E-state index contributed by atoms with van der Waals surface area (Å²) >= 11 is 3.45. The molecule has 0 saturated heterocycles. The molecule has 0 bridgehead atoms. The largest absolute Gasteiger partial charge is 0.466 e. The predicted molar refractivity (Wildman–Crippen MR) is 66.4 cm³/mol. The van der Waals surface area contributed by atoms with Gasteiger partial charge in [-0.05, 0) is 47.7 Å². The normalized spacial score (nSPS) is 17.6. The molecule has 1 fully saturated rings. The van der Waals surface area contributed by atoms with Gasteiger partial charge in [0.05, 0.1) is 23.4 Å². The lowest BCUT2D eigenvalue weighted by Crippen LogP contribution is -2.23. The molecule has 16 heavy (non-hydrogen) atoms. The third kappa shape index (κ3) is 3.61. The van der Waals surface area contributed by atoms with Gasteiger partial charge in [0.15, 0.2) is 0 Å². The van der Waals surface area contributed by atoms with Gasteiger partial charge in [-0.3, -0.25) is 0 Å². The number of hydrogen-bond acceptors (Lipinski definition) is 3. The van der Waals surface area contributed by atoms with Gasteiger partial charge in [-0.15, -0.1) is 0 Å². The Balaban J connectivity index is 1.59. The molecule has 3 nitrogen and oxygen atoms in total. The van der Waals surface area contributed by atoms with Crippen LogP contribution in [0.3, 0.4) is 0 Å². The first-order chi connectivity index (χ1) is 7.77. The lowest BCUT2D eigenvalue weighted by Gasteiger charge is -2.12. The molecule has 1 aromatic rings. The number of halogens is 1. The fraction of sp³-hybridized carbons (Fsp3) is 0.667. The van der Waals surface area contributed by atoms with Gasteiger partial charge in [0.1, 0.15) is 5.76 Å². The highest BCUT2D eigenvalue weighted by molar-refractivity contribution is 9.10. The Morgan fingerprint density at radius 3 is 3.06 bits per heavy atom. The Kier molecular flexibility index (Phi) is 4.44. The van der Waals surface area contributed by atoms with Crippen molar-refractivity contribution in [1.29, 1.82) is 0 Å². The van der Waals surface area contributed by atoms with Crippen molar-refractivity contribution >= 4 is 15.9 Å². The quantitative estimate of drug-likeness (QED) is 0.783. The van der Waals surface area contributed by atoms with Gasteiger partial charge in [-0.25, -0.2) is 0 Å². The topological polar surface area (TPSA) is 34.4 Å². The zero-order valence-corrected chi connectivity index (χ0v) is 11.1. The lowest BCUT2D eigenvalue weighted by molar-refractivity contribution is 0.124. The number of rotatable bonds is 7. The summed E-state index contributed by atoms with van der Waals surface area (Å²) in [6.07, 6.45) is 4.40. The molecule has 2 rings (SSSR count). The fourth-order valence-electron chi connectivity index (χ4n) is 1.59. The molecule has 1 aliphatic rings. The minimum Gasteiger partial charge on any atom is -0.466 e. The standard InChI is InChI=1S/C12H18BrNO2/c1-9(12-11(13)4-6-16-12)14-5-7-15-8-10-2-3-10/h4,6,9-10,14H,2-3,5,7-8H2,1H3. The zero-order chi connectivity index (χ0) is 11.4. The Morgan fingerprint density at radius 2 is 2.44 bits per heavy atom. The van der Waals surface area contributed by atoms with E-state index >= 15 is 0 Å². The lowest BCUT2D eigenvalue weighted by atomic mass is 10.2. The number of hydrogen-bond donors (Lipinski definition) is 1. The molecule has 0 radical (unpaired) electrons. The maximum absolute atomic E-state index is 5.55. The molecule has 1 N–H and O–H groups in total. The number of furan rings is 1. The van der Waals surface area contributed by atoms with Gasteiger partial charge in [0.2, 0.25) is 0 Å². The summed E-state index contributed by atoms with van der Waals surface area (Å²) in [4.78, 5) is 0. The SMILES string of the molecule is CC(NCCOCC1CC1)c1occc1Br. The van der Waals surface area contributed by atoms with E-state index in [9.17, 15) is 0 Å². The maximum Gasteiger partial charge on any atom is 0.134 e. The van der Waals surface area contributed by atoms with E-state index in [4.69, 9.17) is 9.15 Å². The van der Waals surface area contributed by atoms with Crippen LogP contribution < -0.4 is 5.32 Å². The molecule has 1 aliphatic carbocycles. The van der Waals surface area contributed by atoms with Crippen LogP contribution in [0.5, 0.6) is 0 Å². The summed E-state index contributed by atoms with van der Waals surface area (Å²) in [5.41, 5.74) is 0. The van der Waals surface area contributed by atoms with Crippen LogP contribution in [0.4, 0.5) is 0 Å². The van der Waals surface area contributed by atoms with E-state index in [0.29, 0.717) is 0 Å². The second-order valence-corrected chi connectivity index (χ2v) is 5.18. The molecule has 1 aromatic heterocycles. The fourth-order valence-corrected chi connectivity index (χ4v) is 2.13. The predicted octanol–water partition coefficient (Wildman–Crippen LogP) is 3.12. The average molecular weight is 288 g/mol. The number of nitrogens with one attached hydrogen (secondary N) is 1. The summed E-state index contributed by atoms with van der Waals surface area (Å²) in [5, 5.41) is 3.37. The summed E-state index contributed by atoms with van der Waals surface area (Å²) in [6, 6.07) is 2.13. The van der Waals surface area contributed by atoms with Crippen LogP contribution in [-0.4, -0.2) is 19.8 Å². The Morgan fingerprint density at radius 1 is 1.62 bits per heavy atom. The van der Waals surface area contributed by atoms with Crippen LogP contribution in [0.2, 0.25) is 0 Å². The third-order valence-electron chi connectivity index (χ3n) is 2.79. The van der Waals surface area contributed by atoms with Crippen molar-refractivity contribution in [3.63, 3.8) is 0 Å². The molecule has 4 heteroatoms. The van der Waals surface area contributed by atoms with E-state index in [1.165, 1.54) is 12.8 Å². The van der Waals surface area contributed by atoms with Gasteiger partial charge >= 0.3 is 0 Å². The first-order valence-corrected chi connectivity index (χ1v) is 6.60. The van der Waals surface area contributed by atoms with Crippen LogP contribution >= 0.6 is 15.9 Å². The molecule has 1 atom stereocenters. The second-order valence-electron chi connectivity index (χ2n) is 4.33. The van der Waals surface area contributed by atoms with Crippen molar-refractivity contribution in [2.75, 3.05) is 19.8 Å². The minimum absolute atomic E-state index is 0.217. The van der Waals surface area contributed by atoms with Crippen LogP contribution in [-0.2, 0) is 4.74 Å². The van der Waals surface area contributed by atoms with E-state index in [2.05, 4.69) is 28.2 Å². The van der Waals surface area contributed by atoms with Gasteiger partial charge in [-0.2, -0.15) is 0 Å². The van der Waals surface area contributed by atoms with Crippen LogP contribution in [0.15, 0.2) is 21.2 Å². The zero-order valence-electron chi connectivity index (χ0n) is 9.54. The summed E-state index contributed by atoms with van der Waals surface area (Å²) < 4.78 is 12.0. The molecule has 1 saturated carbocycles. The highest BCUT2D eigenvalue weighted by Crippen LogP contribution is 2.28. The Labute approximate surface area is 105 Å². The third-order valence-corrected chi connectivity index (χ3v) is 3.44. The molecule has 0 aliphatic heterocycles. The van der Waals surface area contributed by atoms with E-state index < -0.39 is 0 Å². The molecule has 1 heterocycles. The van der Waals surface area contributed by atoms with Gasteiger partial charge < -0.3 is 14.5 Å². The maximum atomic E-state index is 5.55. The van der Waals surface area contributed by atoms with E-state index in [1.807, 2.05) is 6.07 Å². The van der Waals surface area contributed by atoms with Crippen molar-refractivity contribution in [3.8, 4) is 0 Å². The first kappa shape index (κ1) is 12.1. The average Bonchev–Trinajstić information content (AvgIpc) is 2.99. The van der Waals surface area contributed by atoms with Crippen molar-refractivity contribution in [1.82, 2.24) is 5.32 Å². The van der Waals surface area contributed by atoms with Crippen LogP contribution in [0.1, 0.15) is 31.6 Å². The van der Waals surface area contributed by atoms with Crippen LogP contribution in [0, 0.1) is 5.92 Å². The number of ether oxygens (including phenoxy) is 1. The molecular formula is C12H18BrNO2. The highest BCUT2D eigenvalue weighted by Gasteiger charge is 2.21. The van der Waals surface area contributed by atoms with Gasteiger partial charge in [0.25, 0.3) is 0 Å². The van der Waals surface area contributed by atoms with Crippen molar-refractivity contribution in [2.45, 2.75) is 25.8 Å². The second kappa shape index (κ2) is 5.84. The smallest absolute Gasteiger partial charge is 0.134 e. The van der Waals surface area contributed by atoms with Crippen molar-refractivity contribution in [2.24, 2.45) is 5.92 Å². The van der Waals surface area contributed by atoms with Crippen molar-refractivity contribution < 1.29 is 9.15 Å². The van der Waals surface area contributed by atoms with E-state index in [-0.39, 0.29) is 6.04 Å². The molecule has 0 aromatic carbocycles. The molecule has 90 valence electrons. The monoisotopic (exact) mass is 287 g/mol. The van der Waals surface area contributed by atoms with Crippen LogP contribution in [0.25, 0.3) is 0 Å². The summed E-state index contributed by atoms with van der Waals surface area (Å²) in [6.45, 7) is 4.66. The Bertz CT molecular complexity index is 323. The minimum atomic E-state index is 0.217.